The Balaban J connectivity index is 1.97. The van der Waals surface area contributed by atoms with E-state index in [1.54, 1.807) is 0 Å². The number of likely N-dealkylation sites (tertiary alicyclic amines) is 1. The summed E-state index contributed by atoms with van der Waals surface area (Å²) in [7, 11) is 0. The van der Waals surface area contributed by atoms with Crippen molar-refractivity contribution in [3.05, 3.63) is 0 Å². The fourth-order valence-corrected chi connectivity index (χ4v) is 2.12. The molecule has 12 heavy (non-hydrogen) atoms. The molecule has 1 aliphatic heterocycles. The standard InChI is InChI=1S/C10H17NO/c1-8(2)7-11-6-5-10(3-4-10)9(11)12/h8H,3-7H2,1-2H3. The molecule has 1 amide bonds. The maximum absolute atomic E-state index is 11.8. The SMILES string of the molecule is CC(C)CN1CCC2(CC2)C1=O. The Bertz CT molecular complexity index is 206. The monoisotopic (exact) mass is 167 g/mol. The van der Waals surface area contributed by atoms with E-state index < -0.39 is 0 Å². The molecule has 0 aromatic rings. The van der Waals surface area contributed by atoms with Crippen LogP contribution in [-0.2, 0) is 4.79 Å². The van der Waals surface area contributed by atoms with Crippen LogP contribution >= 0.6 is 0 Å². The van der Waals surface area contributed by atoms with E-state index in [1.807, 2.05) is 0 Å². The lowest BCUT2D eigenvalue weighted by Crippen LogP contribution is -2.31. The quantitative estimate of drug-likeness (QED) is 0.612. The van der Waals surface area contributed by atoms with E-state index in [9.17, 15) is 4.79 Å². The van der Waals surface area contributed by atoms with Gasteiger partial charge in [-0.15, -0.1) is 0 Å². The van der Waals surface area contributed by atoms with Gasteiger partial charge in [0.05, 0.1) is 5.41 Å². The molecule has 0 bridgehead atoms. The number of nitrogens with zero attached hydrogens (tertiary/aromatic N) is 1. The molecule has 2 rings (SSSR count). The lowest BCUT2D eigenvalue weighted by Gasteiger charge is -2.18. The zero-order chi connectivity index (χ0) is 8.77. The first-order valence-electron chi connectivity index (χ1n) is 4.93. The molecule has 1 spiro atoms. The van der Waals surface area contributed by atoms with Gasteiger partial charge in [0.1, 0.15) is 0 Å². The average Bonchev–Trinajstić information content (AvgIpc) is 2.71. The average molecular weight is 167 g/mol. The minimum atomic E-state index is 0.148. The van der Waals surface area contributed by atoms with E-state index in [2.05, 4.69) is 18.7 Å². The fraction of sp³-hybridized carbons (Fsp3) is 0.900. The molecule has 1 saturated carbocycles. The Kier molecular flexibility index (Phi) is 1.67. The number of hydrogen-bond donors (Lipinski definition) is 0. The topological polar surface area (TPSA) is 20.3 Å². The highest BCUT2D eigenvalue weighted by atomic mass is 16.2. The molecule has 0 aromatic heterocycles. The molecule has 0 unspecified atom stereocenters. The highest BCUT2D eigenvalue weighted by molar-refractivity contribution is 5.87. The molecule has 2 fully saturated rings. The third-order valence-electron chi connectivity index (χ3n) is 3.04. The van der Waals surface area contributed by atoms with Crippen molar-refractivity contribution in [3.8, 4) is 0 Å². The summed E-state index contributed by atoms with van der Waals surface area (Å²) < 4.78 is 0. The molecular formula is C10H17NO. The molecule has 0 aromatic carbocycles. The molecular weight excluding hydrogens is 150 g/mol. The minimum Gasteiger partial charge on any atom is -0.342 e. The van der Waals surface area contributed by atoms with Crippen molar-refractivity contribution >= 4 is 5.91 Å². The summed E-state index contributed by atoms with van der Waals surface area (Å²) in [6.45, 7) is 6.31. The van der Waals surface area contributed by atoms with Crippen molar-refractivity contribution in [2.75, 3.05) is 13.1 Å². The zero-order valence-corrected chi connectivity index (χ0v) is 7.97. The van der Waals surface area contributed by atoms with Crippen molar-refractivity contribution in [2.24, 2.45) is 11.3 Å². The lowest BCUT2D eigenvalue weighted by atomic mass is 10.1. The molecule has 2 heteroatoms. The second kappa shape index (κ2) is 2.48. The number of amides is 1. The van der Waals surface area contributed by atoms with Crippen LogP contribution in [0, 0.1) is 11.3 Å². The van der Waals surface area contributed by atoms with Gasteiger partial charge < -0.3 is 4.90 Å². The summed E-state index contributed by atoms with van der Waals surface area (Å²) in [5.74, 6) is 1.05. The van der Waals surface area contributed by atoms with Crippen LogP contribution in [0.3, 0.4) is 0 Å². The van der Waals surface area contributed by atoms with E-state index in [0.717, 1.165) is 32.4 Å². The number of carbonyl (C=O) groups excluding carboxylic acids is 1. The van der Waals surface area contributed by atoms with Crippen molar-refractivity contribution in [2.45, 2.75) is 33.1 Å². The van der Waals surface area contributed by atoms with E-state index in [0.29, 0.717) is 11.8 Å². The van der Waals surface area contributed by atoms with Gasteiger partial charge in [-0.2, -0.15) is 0 Å². The molecule has 1 aliphatic carbocycles. The first-order chi connectivity index (χ1) is 5.64. The van der Waals surface area contributed by atoms with Crippen LogP contribution in [0.25, 0.3) is 0 Å². The highest BCUT2D eigenvalue weighted by Crippen LogP contribution is 2.53. The summed E-state index contributed by atoms with van der Waals surface area (Å²) in [5.41, 5.74) is 0.148. The summed E-state index contributed by atoms with van der Waals surface area (Å²) >= 11 is 0. The van der Waals surface area contributed by atoms with Crippen LogP contribution in [0.5, 0.6) is 0 Å². The van der Waals surface area contributed by atoms with Gasteiger partial charge >= 0.3 is 0 Å². The van der Waals surface area contributed by atoms with Crippen LogP contribution in [-0.4, -0.2) is 23.9 Å². The predicted octanol–water partition coefficient (Wildman–Crippen LogP) is 1.65. The maximum Gasteiger partial charge on any atom is 0.228 e. The third kappa shape index (κ3) is 1.13. The first kappa shape index (κ1) is 8.09. The summed E-state index contributed by atoms with van der Waals surface area (Å²) in [4.78, 5) is 13.8. The van der Waals surface area contributed by atoms with Crippen molar-refractivity contribution in [3.63, 3.8) is 0 Å². The lowest BCUT2D eigenvalue weighted by molar-refractivity contribution is -0.132. The van der Waals surface area contributed by atoms with E-state index in [-0.39, 0.29) is 5.41 Å². The van der Waals surface area contributed by atoms with Gasteiger partial charge in [0.2, 0.25) is 5.91 Å². The Hall–Kier alpha value is -0.530. The molecule has 68 valence electrons. The second-order valence-corrected chi connectivity index (χ2v) is 4.68. The van der Waals surface area contributed by atoms with Gasteiger partial charge in [-0.3, -0.25) is 4.79 Å². The Morgan fingerprint density at radius 3 is 2.50 bits per heavy atom. The van der Waals surface area contributed by atoms with Crippen molar-refractivity contribution < 1.29 is 4.79 Å². The van der Waals surface area contributed by atoms with Crippen LogP contribution in [0.2, 0.25) is 0 Å². The first-order valence-corrected chi connectivity index (χ1v) is 4.93. The number of carbonyl (C=O) groups is 1. The van der Waals surface area contributed by atoms with Crippen LogP contribution in [0.15, 0.2) is 0 Å². The van der Waals surface area contributed by atoms with Crippen LogP contribution in [0.1, 0.15) is 33.1 Å². The Morgan fingerprint density at radius 2 is 2.08 bits per heavy atom. The van der Waals surface area contributed by atoms with Crippen molar-refractivity contribution in [1.29, 1.82) is 0 Å². The fourth-order valence-electron chi connectivity index (χ4n) is 2.12. The second-order valence-electron chi connectivity index (χ2n) is 4.68. The van der Waals surface area contributed by atoms with Gasteiger partial charge in [0, 0.05) is 13.1 Å². The zero-order valence-electron chi connectivity index (χ0n) is 7.97. The highest BCUT2D eigenvalue weighted by Gasteiger charge is 2.55. The molecule has 0 radical (unpaired) electrons. The molecule has 0 N–H and O–H groups in total. The van der Waals surface area contributed by atoms with E-state index in [4.69, 9.17) is 0 Å². The molecule has 2 aliphatic rings. The predicted molar refractivity (Wildman–Crippen MR) is 47.7 cm³/mol. The molecule has 0 atom stereocenters. The van der Waals surface area contributed by atoms with Gasteiger partial charge in [-0.25, -0.2) is 0 Å². The van der Waals surface area contributed by atoms with Gasteiger partial charge in [-0.1, -0.05) is 13.8 Å². The molecule has 2 nitrogen and oxygen atoms in total. The van der Waals surface area contributed by atoms with Crippen molar-refractivity contribution in [1.82, 2.24) is 4.90 Å². The molecule has 1 saturated heterocycles. The summed E-state index contributed by atoms with van der Waals surface area (Å²) in [6, 6.07) is 0. The van der Waals surface area contributed by atoms with E-state index >= 15 is 0 Å². The maximum atomic E-state index is 11.8. The minimum absolute atomic E-state index is 0.148. The van der Waals surface area contributed by atoms with Gasteiger partial charge in [0.15, 0.2) is 0 Å². The largest absolute Gasteiger partial charge is 0.342 e. The third-order valence-corrected chi connectivity index (χ3v) is 3.04. The smallest absolute Gasteiger partial charge is 0.228 e. The Labute approximate surface area is 73.9 Å². The summed E-state index contributed by atoms with van der Waals surface area (Å²) in [6.07, 6.45) is 3.43. The van der Waals surface area contributed by atoms with Crippen LogP contribution in [0.4, 0.5) is 0 Å². The number of rotatable bonds is 2. The van der Waals surface area contributed by atoms with Gasteiger partial charge in [0.25, 0.3) is 0 Å². The van der Waals surface area contributed by atoms with Crippen LogP contribution < -0.4 is 0 Å². The number of hydrogen-bond acceptors (Lipinski definition) is 1. The van der Waals surface area contributed by atoms with E-state index in [1.165, 1.54) is 0 Å². The normalized spacial score (nSPS) is 25.9. The van der Waals surface area contributed by atoms with Gasteiger partial charge in [-0.05, 0) is 25.2 Å². The summed E-state index contributed by atoms with van der Waals surface area (Å²) in [5, 5.41) is 0. The molecule has 1 heterocycles. The Morgan fingerprint density at radius 1 is 1.42 bits per heavy atom.